The Kier molecular flexibility index (Phi) is 5.28. The van der Waals surface area contributed by atoms with Gasteiger partial charge in [-0.15, -0.1) is 0 Å². The first-order chi connectivity index (χ1) is 8.06. The van der Waals surface area contributed by atoms with Crippen molar-refractivity contribution in [3.63, 3.8) is 0 Å². The second kappa shape index (κ2) is 6.49. The van der Waals surface area contributed by atoms with Crippen LogP contribution in [0.15, 0.2) is 18.2 Å². The number of anilines is 1. The average molecular weight is 254 g/mol. The van der Waals surface area contributed by atoms with Crippen LogP contribution in [0.5, 0.6) is 0 Å². The summed E-state index contributed by atoms with van der Waals surface area (Å²) >= 11 is 1.78. The first-order valence-electron chi connectivity index (χ1n) is 5.53. The summed E-state index contributed by atoms with van der Waals surface area (Å²) in [7, 11) is 0. The molecule has 1 rings (SSSR count). The third-order valence-corrected chi connectivity index (χ3v) is 3.41. The molecule has 1 unspecified atom stereocenters. The molecule has 0 amide bonds. The molecule has 0 fully saturated rings. The average Bonchev–Trinajstić information content (AvgIpc) is 2.26. The van der Waals surface area contributed by atoms with E-state index in [4.69, 9.17) is 0 Å². The number of rotatable bonds is 6. The topological polar surface area (TPSA) is 55.2 Å². The van der Waals surface area contributed by atoms with Crippen molar-refractivity contribution in [1.82, 2.24) is 0 Å². The van der Waals surface area contributed by atoms with Crippen molar-refractivity contribution in [3.05, 3.63) is 33.9 Å². The zero-order chi connectivity index (χ0) is 12.8. The number of aryl methyl sites for hydroxylation is 1. The normalized spacial score (nSPS) is 12.2. The van der Waals surface area contributed by atoms with E-state index in [0.717, 1.165) is 12.3 Å². The van der Waals surface area contributed by atoms with Crippen LogP contribution < -0.4 is 5.32 Å². The lowest BCUT2D eigenvalue weighted by molar-refractivity contribution is -0.384. The molecule has 0 saturated carbocycles. The molecule has 0 bridgehead atoms. The van der Waals surface area contributed by atoms with Gasteiger partial charge in [-0.3, -0.25) is 10.1 Å². The Balaban J connectivity index is 2.77. The number of nitro benzene ring substituents is 1. The maximum absolute atomic E-state index is 11.0. The van der Waals surface area contributed by atoms with Crippen LogP contribution in [0.25, 0.3) is 0 Å². The van der Waals surface area contributed by atoms with E-state index in [9.17, 15) is 10.1 Å². The molecule has 94 valence electrons. The summed E-state index contributed by atoms with van der Waals surface area (Å²) in [5.74, 6) is 1.54. The molecule has 5 heteroatoms. The van der Waals surface area contributed by atoms with Gasteiger partial charge in [-0.2, -0.15) is 11.8 Å². The van der Waals surface area contributed by atoms with Gasteiger partial charge in [0, 0.05) is 12.1 Å². The monoisotopic (exact) mass is 254 g/mol. The molecule has 1 aromatic carbocycles. The molecule has 1 aromatic rings. The maximum atomic E-state index is 11.0. The molecule has 0 aromatic heterocycles. The molecule has 1 atom stereocenters. The van der Waals surface area contributed by atoms with E-state index in [-0.39, 0.29) is 10.6 Å². The van der Waals surface area contributed by atoms with Gasteiger partial charge in [0.1, 0.15) is 5.69 Å². The third kappa shape index (κ3) is 3.93. The lowest BCUT2D eigenvalue weighted by Crippen LogP contribution is -2.14. The van der Waals surface area contributed by atoms with Gasteiger partial charge in [0.15, 0.2) is 0 Å². The number of nitro groups is 1. The lowest BCUT2D eigenvalue weighted by atomic mass is 10.1. The van der Waals surface area contributed by atoms with Crippen molar-refractivity contribution in [3.8, 4) is 0 Å². The molecule has 0 aliphatic heterocycles. The van der Waals surface area contributed by atoms with Crippen LogP contribution >= 0.6 is 11.8 Å². The Hall–Kier alpha value is -1.23. The highest BCUT2D eigenvalue weighted by atomic mass is 32.2. The number of hydrogen-bond donors (Lipinski definition) is 1. The van der Waals surface area contributed by atoms with E-state index in [1.165, 1.54) is 0 Å². The fraction of sp³-hybridized carbons (Fsp3) is 0.500. The van der Waals surface area contributed by atoms with Gasteiger partial charge < -0.3 is 5.32 Å². The van der Waals surface area contributed by atoms with Crippen molar-refractivity contribution in [2.24, 2.45) is 5.92 Å². The number of para-hydroxylation sites is 1. The molecule has 0 heterocycles. The Morgan fingerprint density at radius 2 is 2.24 bits per heavy atom. The molecule has 0 spiro atoms. The van der Waals surface area contributed by atoms with Gasteiger partial charge in [0.25, 0.3) is 5.69 Å². The van der Waals surface area contributed by atoms with Gasteiger partial charge in [-0.1, -0.05) is 19.1 Å². The van der Waals surface area contributed by atoms with Crippen LogP contribution in [0.2, 0.25) is 0 Å². The quantitative estimate of drug-likeness (QED) is 0.625. The fourth-order valence-corrected chi connectivity index (χ4v) is 2.36. The molecule has 17 heavy (non-hydrogen) atoms. The van der Waals surface area contributed by atoms with Gasteiger partial charge in [-0.25, -0.2) is 0 Å². The molecule has 1 N–H and O–H groups in total. The van der Waals surface area contributed by atoms with Gasteiger partial charge in [-0.05, 0) is 30.9 Å². The predicted octanol–water partition coefficient (Wildman–Crippen LogP) is 3.31. The van der Waals surface area contributed by atoms with Crippen LogP contribution in [0, 0.1) is 23.0 Å². The molecular formula is C12H18N2O2S. The highest BCUT2D eigenvalue weighted by Crippen LogP contribution is 2.28. The molecule has 0 radical (unpaired) electrons. The van der Waals surface area contributed by atoms with Crippen LogP contribution in [0.1, 0.15) is 12.5 Å². The minimum absolute atomic E-state index is 0.184. The molecular weight excluding hydrogens is 236 g/mol. The zero-order valence-corrected chi connectivity index (χ0v) is 11.2. The fourth-order valence-electron chi connectivity index (χ4n) is 1.67. The number of benzene rings is 1. The van der Waals surface area contributed by atoms with Crippen molar-refractivity contribution in [2.75, 3.05) is 23.9 Å². The Bertz CT molecular complexity index is 396. The van der Waals surface area contributed by atoms with Crippen LogP contribution in [0.3, 0.4) is 0 Å². The largest absolute Gasteiger partial charge is 0.379 e. The summed E-state index contributed by atoms with van der Waals surface area (Å²) in [6.45, 7) is 4.64. The summed E-state index contributed by atoms with van der Waals surface area (Å²) < 4.78 is 0. The van der Waals surface area contributed by atoms with Crippen molar-refractivity contribution < 1.29 is 4.92 Å². The second-order valence-corrected chi connectivity index (χ2v) is 5.08. The van der Waals surface area contributed by atoms with E-state index in [0.29, 0.717) is 17.2 Å². The summed E-state index contributed by atoms with van der Waals surface area (Å²) in [6.07, 6.45) is 2.06. The number of nitrogens with zero attached hydrogens (tertiary/aromatic N) is 1. The predicted molar refractivity (Wildman–Crippen MR) is 73.9 cm³/mol. The lowest BCUT2D eigenvalue weighted by Gasteiger charge is -2.13. The van der Waals surface area contributed by atoms with Crippen LogP contribution in [-0.2, 0) is 0 Å². The summed E-state index contributed by atoms with van der Waals surface area (Å²) in [5, 5.41) is 14.1. The van der Waals surface area contributed by atoms with Crippen LogP contribution in [-0.4, -0.2) is 23.5 Å². The Labute approximate surface area is 106 Å². The molecule has 0 aliphatic carbocycles. The first kappa shape index (κ1) is 13.8. The maximum Gasteiger partial charge on any atom is 0.295 e. The summed E-state index contributed by atoms with van der Waals surface area (Å²) in [4.78, 5) is 10.7. The van der Waals surface area contributed by atoms with E-state index in [1.807, 2.05) is 6.07 Å². The highest BCUT2D eigenvalue weighted by Gasteiger charge is 2.16. The van der Waals surface area contributed by atoms with E-state index in [2.05, 4.69) is 18.5 Å². The third-order valence-electron chi connectivity index (χ3n) is 2.51. The Morgan fingerprint density at radius 1 is 1.53 bits per heavy atom. The molecule has 0 aliphatic rings. The Morgan fingerprint density at radius 3 is 2.82 bits per heavy atom. The highest BCUT2D eigenvalue weighted by molar-refractivity contribution is 7.98. The van der Waals surface area contributed by atoms with E-state index in [1.54, 1.807) is 30.8 Å². The zero-order valence-electron chi connectivity index (χ0n) is 10.4. The number of hydrogen-bond acceptors (Lipinski definition) is 4. The summed E-state index contributed by atoms with van der Waals surface area (Å²) in [5.41, 5.74) is 1.49. The van der Waals surface area contributed by atoms with Gasteiger partial charge in [0.2, 0.25) is 0 Å². The standard InChI is InChI=1S/C12H18N2O2S/c1-9(8-17-3)7-13-11-6-4-5-10(2)12(11)14(15)16/h4-6,9,13H,7-8H2,1-3H3. The minimum atomic E-state index is -0.323. The minimum Gasteiger partial charge on any atom is -0.379 e. The van der Waals surface area contributed by atoms with E-state index >= 15 is 0 Å². The van der Waals surface area contributed by atoms with Gasteiger partial charge >= 0.3 is 0 Å². The van der Waals surface area contributed by atoms with Crippen LogP contribution in [0.4, 0.5) is 11.4 Å². The van der Waals surface area contributed by atoms with Crippen molar-refractivity contribution in [1.29, 1.82) is 0 Å². The summed E-state index contributed by atoms with van der Waals surface area (Å²) in [6, 6.07) is 5.36. The SMILES string of the molecule is CSCC(C)CNc1cccc(C)c1[N+](=O)[O-]. The molecule has 4 nitrogen and oxygen atoms in total. The number of thioether (sulfide) groups is 1. The smallest absolute Gasteiger partial charge is 0.295 e. The first-order valence-corrected chi connectivity index (χ1v) is 6.92. The van der Waals surface area contributed by atoms with E-state index < -0.39 is 0 Å². The van der Waals surface area contributed by atoms with Crippen molar-refractivity contribution >= 4 is 23.1 Å². The van der Waals surface area contributed by atoms with Crippen molar-refractivity contribution in [2.45, 2.75) is 13.8 Å². The second-order valence-electron chi connectivity index (χ2n) is 4.17. The number of nitrogens with one attached hydrogen (secondary N) is 1. The van der Waals surface area contributed by atoms with Gasteiger partial charge in [0.05, 0.1) is 4.92 Å². The molecule has 0 saturated heterocycles.